The molecular weight excluding hydrogens is 766 g/mol. The van der Waals surface area contributed by atoms with Crippen LogP contribution in [0.3, 0.4) is 0 Å². The van der Waals surface area contributed by atoms with Crippen molar-refractivity contribution in [3.8, 4) is 5.75 Å². The van der Waals surface area contributed by atoms with E-state index in [-0.39, 0.29) is 47.1 Å². The Balaban J connectivity index is 1.08. The molecule has 4 fully saturated rings. The summed E-state index contributed by atoms with van der Waals surface area (Å²) in [6, 6.07) is 5.29. The van der Waals surface area contributed by atoms with Crippen molar-refractivity contribution in [2.75, 3.05) is 90.2 Å². The van der Waals surface area contributed by atoms with Crippen LogP contribution in [0, 0.1) is 29.1 Å². The van der Waals surface area contributed by atoms with Crippen LogP contribution in [0.1, 0.15) is 82.0 Å². The van der Waals surface area contributed by atoms with Crippen LogP contribution in [0.25, 0.3) is 0 Å². The molecule has 314 valence electrons. The number of allylic oxidation sites excluding steroid dienone is 4. The Labute approximate surface area is 344 Å². The first-order valence-electron chi connectivity index (χ1n) is 21.5. The Hall–Kier alpha value is -2.68. The van der Waals surface area contributed by atoms with E-state index in [1.807, 2.05) is 17.9 Å². The molecule has 2 bridgehead atoms. The van der Waals surface area contributed by atoms with Crippen LogP contribution in [0.5, 0.6) is 5.75 Å². The van der Waals surface area contributed by atoms with E-state index < -0.39 is 26.8 Å². The molecule has 7 aliphatic rings. The number of amides is 2. The molecule has 2 amide bonds. The molecule has 7 atom stereocenters. The number of carbonyl (C=O) groups is 2. The zero-order valence-electron chi connectivity index (χ0n) is 33.8. The van der Waals surface area contributed by atoms with Gasteiger partial charge in [-0.25, -0.2) is 13.1 Å². The third-order valence-electron chi connectivity index (χ3n) is 14.8. The summed E-state index contributed by atoms with van der Waals surface area (Å²) in [5.41, 5.74) is 1.20. The maximum atomic E-state index is 13.7. The highest BCUT2D eigenvalue weighted by molar-refractivity contribution is 7.90. The summed E-state index contributed by atoms with van der Waals surface area (Å²) in [5.74, 6) is 0.379. The van der Waals surface area contributed by atoms with Crippen LogP contribution >= 0.6 is 11.6 Å². The highest BCUT2D eigenvalue weighted by atomic mass is 35.5. The van der Waals surface area contributed by atoms with Gasteiger partial charge < -0.3 is 24.4 Å². The van der Waals surface area contributed by atoms with Gasteiger partial charge in [-0.1, -0.05) is 36.6 Å². The van der Waals surface area contributed by atoms with Crippen LogP contribution in [0.2, 0.25) is 0 Å². The third kappa shape index (κ3) is 8.66. The number of nitrogens with one attached hydrogen (secondary N) is 1. The van der Waals surface area contributed by atoms with Crippen molar-refractivity contribution in [3.63, 3.8) is 0 Å². The Morgan fingerprint density at radius 1 is 1.00 bits per heavy atom. The predicted molar refractivity (Wildman–Crippen MR) is 221 cm³/mol. The number of fused-ring (bicyclic) bond motifs is 4. The number of hydrogen-bond acceptors (Lipinski definition) is 10. The molecule has 1 aromatic rings. The molecule has 4 aliphatic heterocycles. The molecule has 1 aromatic carbocycles. The summed E-state index contributed by atoms with van der Waals surface area (Å²) >= 11 is 6.54. The van der Waals surface area contributed by atoms with Gasteiger partial charge in [-0.05, 0) is 106 Å². The van der Waals surface area contributed by atoms with Crippen molar-refractivity contribution >= 4 is 39.1 Å². The zero-order valence-corrected chi connectivity index (χ0v) is 35.4. The zero-order chi connectivity index (χ0) is 40.0. The molecule has 14 heteroatoms. The summed E-state index contributed by atoms with van der Waals surface area (Å²) in [7, 11) is -3.99. The van der Waals surface area contributed by atoms with Crippen molar-refractivity contribution < 1.29 is 32.6 Å². The normalized spacial score (nSPS) is 35.5. The topological polar surface area (TPSA) is 132 Å². The van der Waals surface area contributed by atoms with Crippen LogP contribution in [0.4, 0.5) is 5.69 Å². The summed E-state index contributed by atoms with van der Waals surface area (Å²) in [6.07, 6.45) is 11.8. The van der Waals surface area contributed by atoms with Gasteiger partial charge in [-0.3, -0.25) is 19.4 Å². The smallest absolute Gasteiger partial charge is 0.264 e. The highest BCUT2D eigenvalue weighted by Crippen LogP contribution is 2.53. The summed E-state index contributed by atoms with van der Waals surface area (Å²) in [4.78, 5) is 36.1. The number of carbonyl (C=O) groups excluding carboxylic acids is 2. The number of piperazine rings is 1. The average molecular weight is 829 g/mol. The largest absolute Gasteiger partial charge is 0.491 e. The van der Waals surface area contributed by atoms with Crippen LogP contribution in [-0.2, 0) is 19.6 Å². The SMILES string of the molecule is C[C@@H]1[C@@H](C)CCC[C@@](O)(CN2CCN(CCN3CCOCC3)C(=O)C2)[C@@H]2CC[C@H]2CN2C[C@@]3(CCCC4=CC(Cl)=CCC43)COc3ccc(cc32)C(=O)NS1(=O)=O. The number of benzene rings is 1. The number of aliphatic hydroxyl groups is 1. The van der Waals surface area contributed by atoms with Gasteiger partial charge in [0.25, 0.3) is 5.91 Å². The predicted octanol–water partition coefficient (Wildman–Crippen LogP) is 4.63. The monoisotopic (exact) mass is 827 g/mol. The second-order valence-corrected chi connectivity index (χ2v) is 20.8. The lowest BCUT2D eigenvalue weighted by Crippen LogP contribution is -2.60. The van der Waals surface area contributed by atoms with Gasteiger partial charge in [0.05, 0.1) is 42.9 Å². The van der Waals surface area contributed by atoms with Crippen LogP contribution in [0.15, 0.2) is 41.0 Å². The summed E-state index contributed by atoms with van der Waals surface area (Å²) in [6.45, 7) is 12.3. The highest BCUT2D eigenvalue weighted by Gasteiger charge is 2.51. The summed E-state index contributed by atoms with van der Waals surface area (Å²) in [5, 5.41) is 12.9. The molecule has 0 aromatic heterocycles. The van der Waals surface area contributed by atoms with Crippen LogP contribution < -0.4 is 14.4 Å². The minimum absolute atomic E-state index is 0.00426. The minimum Gasteiger partial charge on any atom is -0.491 e. The van der Waals surface area contributed by atoms with Gasteiger partial charge in [0.1, 0.15) is 5.75 Å². The molecule has 2 saturated heterocycles. The van der Waals surface area contributed by atoms with Gasteiger partial charge in [-0.15, -0.1) is 0 Å². The lowest BCUT2D eigenvalue weighted by atomic mass is 9.61. The molecule has 8 rings (SSSR count). The van der Waals surface area contributed by atoms with Gasteiger partial charge >= 0.3 is 0 Å². The number of anilines is 1. The standard InChI is InChI=1S/C43H62ClN5O7S/c1-30-5-3-14-43(52,28-47-16-18-48(40(50)26-47)17-15-46-19-21-55-22-20-46)37-10-7-34(37)25-49-27-42(13-4-6-32-23-35(44)9-11-36(32)42)29-56-39-12-8-33(24-38(39)49)41(51)45-57(53,54)31(30)2/h8-9,12,23-24,30-31,34,36-37,52H,3-7,10-11,13-22,25-29H2,1-2H3,(H,45,51)/t30-,31+,34-,36?,37+,42-,43+/m0/s1. The van der Waals surface area contributed by atoms with Crippen molar-refractivity contribution in [1.82, 2.24) is 19.4 Å². The number of sulfonamides is 1. The van der Waals surface area contributed by atoms with E-state index in [0.717, 1.165) is 82.1 Å². The first-order chi connectivity index (χ1) is 27.3. The molecule has 2 saturated carbocycles. The van der Waals surface area contributed by atoms with Gasteiger partial charge in [0.15, 0.2) is 0 Å². The minimum atomic E-state index is -3.99. The van der Waals surface area contributed by atoms with E-state index in [0.29, 0.717) is 70.9 Å². The van der Waals surface area contributed by atoms with E-state index in [2.05, 4.69) is 31.6 Å². The van der Waals surface area contributed by atoms with Crippen molar-refractivity contribution in [2.45, 2.75) is 82.5 Å². The Morgan fingerprint density at radius 2 is 1.82 bits per heavy atom. The summed E-state index contributed by atoms with van der Waals surface area (Å²) < 4.78 is 41.8. The fraction of sp³-hybridized carbons (Fsp3) is 0.721. The molecule has 1 unspecified atom stereocenters. The van der Waals surface area contributed by atoms with Gasteiger partial charge in [0, 0.05) is 74.9 Å². The number of ether oxygens (including phenoxy) is 2. The van der Waals surface area contributed by atoms with E-state index >= 15 is 0 Å². The number of nitrogens with zero attached hydrogens (tertiary/aromatic N) is 4. The number of rotatable bonds is 5. The molecule has 57 heavy (non-hydrogen) atoms. The molecule has 1 spiro atoms. The molecule has 4 heterocycles. The van der Waals surface area contributed by atoms with Crippen molar-refractivity contribution in [2.24, 2.45) is 29.1 Å². The lowest BCUT2D eigenvalue weighted by molar-refractivity contribution is -0.142. The quantitative estimate of drug-likeness (QED) is 0.434. The first-order valence-corrected chi connectivity index (χ1v) is 23.4. The maximum Gasteiger partial charge on any atom is 0.264 e. The number of β-amino-alcohol motifs (C(OH)–C–C–N with tert-alkyl or cyclic N) is 1. The van der Waals surface area contributed by atoms with Crippen LogP contribution in [-0.4, -0.2) is 136 Å². The van der Waals surface area contributed by atoms with E-state index in [9.17, 15) is 23.1 Å². The van der Waals surface area contributed by atoms with Gasteiger partial charge in [-0.2, -0.15) is 0 Å². The fourth-order valence-corrected chi connectivity index (χ4v) is 12.6. The second kappa shape index (κ2) is 16.8. The van der Waals surface area contributed by atoms with E-state index in [4.69, 9.17) is 21.1 Å². The Bertz CT molecular complexity index is 1850. The lowest BCUT2D eigenvalue weighted by Gasteiger charge is -2.52. The molecule has 3 aliphatic carbocycles. The fourth-order valence-electron chi connectivity index (χ4n) is 11.0. The Kier molecular flexibility index (Phi) is 12.1. The van der Waals surface area contributed by atoms with Crippen molar-refractivity contribution in [1.29, 1.82) is 0 Å². The molecule has 0 radical (unpaired) electrons. The second-order valence-electron chi connectivity index (χ2n) is 18.3. The van der Waals surface area contributed by atoms with E-state index in [1.54, 1.807) is 19.1 Å². The molecule has 12 nitrogen and oxygen atoms in total. The third-order valence-corrected chi connectivity index (χ3v) is 17.0. The maximum absolute atomic E-state index is 13.7. The molecular formula is C43H62ClN5O7S. The molecule has 2 N–H and O–H groups in total. The number of hydrogen-bond donors (Lipinski definition) is 2. The average Bonchev–Trinajstić information content (AvgIpc) is 3.32. The first kappa shape index (κ1) is 41.1. The Morgan fingerprint density at radius 3 is 2.60 bits per heavy atom. The number of halogens is 1. The van der Waals surface area contributed by atoms with Gasteiger partial charge in [0.2, 0.25) is 15.9 Å². The van der Waals surface area contributed by atoms with E-state index in [1.165, 1.54) is 5.57 Å². The van der Waals surface area contributed by atoms with Crippen molar-refractivity contribution in [3.05, 3.63) is 46.5 Å². The number of morpholine rings is 1.